The lowest BCUT2D eigenvalue weighted by Gasteiger charge is -2.19. The molecule has 0 saturated carbocycles. The Morgan fingerprint density at radius 3 is 2.46 bits per heavy atom. The number of nitrogens with zero attached hydrogens (tertiary/aromatic N) is 1. The van der Waals surface area contributed by atoms with Crippen LogP contribution in [0.3, 0.4) is 0 Å². The van der Waals surface area contributed by atoms with Gasteiger partial charge in [0.05, 0.1) is 14.2 Å². The number of nitrogens with one attached hydrogen (secondary N) is 1. The Hall–Kier alpha value is -3.22. The summed E-state index contributed by atoms with van der Waals surface area (Å²) in [4.78, 5) is 26.2. The van der Waals surface area contributed by atoms with E-state index in [0.717, 1.165) is 18.7 Å². The Labute approximate surface area is 165 Å². The smallest absolute Gasteiger partial charge is 0.342 e. The van der Waals surface area contributed by atoms with Crippen LogP contribution >= 0.6 is 0 Å². The van der Waals surface area contributed by atoms with Crippen LogP contribution < -0.4 is 19.7 Å². The first-order chi connectivity index (χ1) is 13.5. The molecule has 0 bridgehead atoms. The number of anilines is 1. The first-order valence-electron chi connectivity index (χ1n) is 8.97. The molecule has 2 aromatic carbocycles. The second-order valence-corrected chi connectivity index (χ2v) is 6.10. The topological polar surface area (TPSA) is 77.1 Å². The minimum atomic E-state index is -0.626. The predicted octanol–water partition coefficient (Wildman–Crippen LogP) is 2.50. The SMILES string of the molecule is COc1ccc(C(=O)OCC(=O)NCCCN(C)c2ccccc2)c(OC)c1. The van der Waals surface area contributed by atoms with Crippen LogP contribution in [0.15, 0.2) is 48.5 Å². The van der Waals surface area contributed by atoms with E-state index in [9.17, 15) is 9.59 Å². The number of benzene rings is 2. The van der Waals surface area contributed by atoms with Crippen molar-refractivity contribution < 1.29 is 23.8 Å². The van der Waals surface area contributed by atoms with E-state index in [4.69, 9.17) is 14.2 Å². The van der Waals surface area contributed by atoms with Gasteiger partial charge in [0.1, 0.15) is 17.1 Å². The molecule has 0 saturated heterocycles. The minimum absolute atomic E-state index is 0.237. The van der Waals surface area contributed by atoms with Crippen LogP contribution in [0, 0.1) is 0 Å². The van der Waals surface area contributed by atoms with E-state index >= 15 is 0 Å². The summed E-state index contributed by atoms with van der Waals surface area (Å²) in [6, 6.07) is 14.8. The molecule has 1 N–H and O–H groups in total. The normalized spacial score (nSPS) is 10.1. The maximum Gasteiger partial charge on any atom is 0.342 e. The van der Waals surface area contributed by atoms with Gasteiger partial charge in [0.2, 0.25) is 0 Å². The average molecular weight is 386 g/mol. The van der Waals surface area contributed by atoms with Gasteiger partial charge in [-0.1, -0.05) is 18.2 Å². The fourth-order valence-electron chi connectivity index (χ4n) is 2.58. The molecule has 0 aliphatic rings. The van der Waals surface area contributed by atoms with Gasteiger partial charge in [-0.2, -0.15) is 0 Å². The summed E-state index contributed by atoms with van der Waals surface area (Å²) in [6.45, 7) is 0.953. The van der Waals surface area contributed by atoms with E-state index in [1.165, 1.54) is 20.3 Å². The van der Waals surface area contributed by atoms with E-state index in [0.29, 0.717) is 18.0 Å². The van der Waals surface area contributed by atoms with Gasteiger partial charge in [0.25, 0.3) is 5.91 Å². The zero-order valence-corrected chi connectivity index (χ0v) is 16.4. The van der Waals surface area contributed by atoms with E-state index in [1.807, 2.05) is 37.4 Å². The van der Waals surface area contributed by atoms with Gasteiger partial charge in [-0.15, -0.1) is 0 Å². The van der Waals surface area contributed by atoms with Crippen molar-refractivity contribution in [3.8, 4) is 11.5 Å². The number of rotatable bonds is 10. The molecule has 0 radical (unpaired) electrons. The maximum atomic E-state index is 12.2. The average Bonchev–Trinajstić information content (AvgIpc) is 2.74. The van der Waals surface area contributed by atoms with Crippen molar-refractivity contribution in [2.45, 2.75) is 6.42 Å². The highest BCUT2D eigenvalue weighted by atomic mass is 16.5. The van der Waals surface area contributed by atoms with Crippen molar-refractivity contribution in [1.82, 2.24) is 5.32 Å². The quantitative estimate of drug-likeness (QED) is 0.499. The Bertz CT molecular complexity index is 780. The van der Waals surface area contributed by atoms with Crippen molar-refractivity contribution in [3.63, 3.8) is 0 Å². The summed E-state index contributed by atoms with van der Waals surface area (Å²) in [6.07, 6.45) is 0.775. The Kier molecular flexibility index (Phi) is 8.14. The predicted molar refractivity (Wildman–Crippen MR) is 107 cm³/mol. The number of hydrogen-bond acceptors (Lipinski definition) is 6. The number of amides is 1. The van der Waals surface area contributed by atoms with E-state index < -0.39 is 5.97 Å². The molecule has 7 nitrogen and oxygen atoms in total. The van der Waals surface area contributed by atoms with E-state index in [-0.39, 0.29) is 18.1 Å². The third-order valence-corrected chi connectivity index (χ3v) is 4.15. The van der Waals surface area contributed by atoms with Crippen molar-refractivity contribution in [2.24, 2.45) is 0 Å². The van der Waals surface area contributed by atoms with Gasteiger partial charge >= 0.3 is 5.97 Å². The molecule has 150 valence electrons. The first-order valence-corrected chi connectivity index (χ1v) is 8.97. The van der Waals surface area contributed by atoms with Gasteiger partial charge in [-0.3, -0.25) is 4.79 Å². The van der Waals surface area contributed by atoms with Gasteiger partial charge in [-0.25, -0.2) is 4.79 Å². The lowest BCUT2D eigenvalue weighted by Crippen LogP contribution is -2.31. The number of esters is 1. The molecule has 0 aliphatic carbocycles. The zero-order valence-electron chi connectivity index (χ0n) is 16.4. The van der Waals surface area contributed by atoms with Gasteiger partial charge in [0.15, 0.2) is 6.61 Å². The summed E-state index contributed by atoms with van der Waals surface area (Å²) < 4.78 is 15.3. The summed E-state index contributed by atoms with van der Waals surface area (Å²) in [7, 11) is 4.97. The molecule has 28 heavy (non-hydrogen) atoms. The molecular weight excluding hydrogens is 360 g/mol. The Balaban J connectivity index is 1.71. The number of methoxy groups -OCH3 is 2. The number of carbonyl (C=O) groups excluding carboxylic acids is 2. The van der Waals surface area contributed by atoms with Crippen LogP contribution in [-0.2, 0) is 9.53 Å². The van der Waals surface area contributed by atoms with E-state index in [1.54, 1.807) is 12.1 Å². The molecule has 0 heterocycles. The number of carbonyl (C=O) groups is 2. The molecule has 2 aromatic rings. The molecule has 7 heteroatoms. The summed E-state index contributed by atoms with van der Waals surface area (Å²) in [5.74, 6) is -0.0815. The van der Waals surface area contributed by atoms with Crippen molar-refractivity contribution in [3.05, 3.63) is 54.1 Å². The first kappa shape index (κ1) is 21.1. The number of para-hydroxylation sites is 1. The third kappa shape index (κ3) is 6.19. The minimum Gasteiger partial charge on any atom is -0.497 e. The van der Waals surface area contributed by atoms with Gasteiger partial charge < -0.3 is 24.4 Å². The molecule has 1 amide bonds. The van der Waals surface area contributed by atoms with Crippen LogP contribution in [0.5, 0.6) is 11.5 Å². The molecule has 0 spiro atoms. The highest BCUT2D eigenvalue weighted by Gasteiger charge is 2.16. The summed E-state index contributed by atoms with van der Waals surface area (Å²) in [5.41, 5.74) is 1.36. The van der Waals surface area contributed by atoms with Gasteiger partial charge in [-0.05, 0) is 30.7 Å². The fourth-order valence-corrected chi connectivity index (χ4v) is 2.58. The second kappa shape index (κ2) is 10.8. The summed E-state index contributed by atoms with van der Waals surface area (Å²) >= 11 is 0. The zero-order chi connectivity index (χ0) is 20.4. The molecule has 0 fully saturated rings. The van der Waals surface area contributed by atoms with Crippen LogP contribution in [0.2, 0.25) is 0 Å². The highest BCUT2D eigenvalue weighted by molar-refractivity contribution is 5.94. The molecule has 2 rings (SSSR count). The second-order valence-electron chi connectivity index (χ2n) is 6.10. The van der Waals surface area contributed by atoms with Crippen molar-refractivity contribution in [2.75, 3.05) is 45.9 Å². The molecule has 0 atom stereocenters. The highest BCUT2D eigenvalue weighted by Crippen LogP contribution is 2.25. The van der Waals surface area contributed by atoms with Crippen molar-refractivity contribution >= 4 is 17.6 Å². The molecule has 0 aliphatic heterocycles. The summed E-state index contributed by atoms with van der Waals surface area (Å²) in [5, 5.41) is 2.75. The lowest BCUT2D eigenvalue weighted by molar-refractivity contribution is -0.124. The standard InChI is InChI=1S/C21H26N2O5/c1-23(16-8-5-4-6-9-16)13-7-12-22-20(24)15-28-21(25)18-11-10-17(26-2)14-19(18)27-3/h4-6,8-11,14H,7,12-13,15H2,1-3H3,(H,22,24). The molecule has 0 unspecified atom stereocenters. The van der Waals surface area contributed by atoms with E-state index in [2.05, 4.69) is 10.2 Å². The lowest BCUT2D eigenvalue weighted by atomic mass is 10.2. The Morgan fingerprint density at radius 1 is 1.04 bits per heavy atom. The number of hydrogen-bond donors (Lipinski definition) is 1. The fraction of sp³-hybridized carbons (Fsp3) is 0.333. The number of ether oxygens (including phenoxy) is 3. The monoisotopic (exact) mass is 386 g/mol. The Morgan fingerprint density at radius 2 is 1.79 bits per heavy atom. The van der Waals surface area contributed by atoms with Gasteiger partial charge in [0, 0.05) is 31.9 Å². The van der Waals surface area contributed by atoms with Crippen LogP contribution in [0.25, 0.3) is 0 Å². The molecular formula is C21H26N2O5. The van der Waals surface area contributed by atoms with Crippen LogP contribution in [0.4, 0.5) is 5.69 Å². The molecule has 0 aromatic heterocycles. The van der Waals surface area contributed by atoms with Crippen LogP contribution in [-0.4, -0.2) is 52.8 Å². The maximum absolute atomic E-state index is 12.2. The van der Waals surface area contributed by atoms with Crippen molar-refractivity contribution in [1.29, 1.82) is 0 Å². The third-order valence-electron chi connectivity index (χ3n) is 4.15. The largest absolute Gasteiger partial charge is 0.497 e. The van der Waals surface area contributed by atoms with Crippen LogP contribution in [0.1, 0.15) is 16.8 Å².